The Hall–Kier alpha value is -3.45. The number of pyridine rings is 1. The average molecular weight is 518 g/mol. The quantitative estimate of drug-likeness (QED) is 0.197. The van der Waals surface area contributed by atoms with Crippen LogP contribution in [-0.2, 0) is 26.0 Å². The number of aromatic nitrogens is 1. The van der Waals surface area contributed by atoms with Gasteiger partial charge in [-0.25, -0.2) is 23.8 Å². The maximum atomic E-state index is 12.7. The standard InChI is InChI=1S/C23H27N5O5S2/c1-32-19-5-3-16(4-6-19)13-20(23(29)33-2)28(25)15-18(24)14-27-35(30,31)22-8-7-21(34-22)17-9-11-26-12-10-17/h3-12,15,20,27H,13-14,24-25H2,1-2H3/b18-15-/t20-/m0/s1. The number of hydrogen-bond donors (Lipinski definition) is 3. The van der Waals surface area contributed by atoms with Crippen molar-refractivity contribution < 1.29 is 22.7 Å². The predicted molar refractivity (Wildman–Crippen MR) is 134 cm³/mol. The molecule has 0 aliphatic heterocycles. The van der Waals surface area contributed by atoms with Crippen LogP contribution in [-0.4, -0.2) is 51.2 Å². The topological polar surface area (TPSA) is 150 Å². The van der Waals surface area contributed by atoms with Gasteiger partial charge in [0.2, 0.25) is 10.0 Å². The Morgan fingerprint density at radius 3 is 2.46 bits per heavy atom. The van der Waals surface area contributed by atoms with E-state index in [4.69, 9.17) is 21.1 Å². The maximum absolute atomic E-state index is 12.7. The summed E-state index contributed by atoms with van der Waals surface area (Å²) in [5, 5.41) is 1.12. The molecule has 3 rings (SSSR count). The van der Waals surface area contributed by atoms with E-state index >= 15 is 0 Å². The fraction of sp³-hybridized carbons (Fsp3) is 0.217. The lowest BCUT2D eigenvalue weighted by molar-refractivity contribution is -0.146. The summed E-state index contributed by atoms with van der Waals surface area (Å²) in [6, 6.07) is 13.2. The molecule has 2 heterocycles. The fourth-order valence-electron chi connectivity index (χ4n) is 3.14. The van der Waals surface area contributed by atoms with Gasteiger partial charge in [-0.3, -0.25) is 4.98 Å². The molecule has 0 bridgehead atoms. The van der Waals surface area contributed by atoms with E-state index < -0.39 is 22.0 Å². The van der Waals surface area contributed by atoms with Crippen LogP contribution in [0.25, 0.3) is 10.4 Å². The smallest absolute Gasteiger partial charge is 0.330 e. The molecule has 0 saturated heterocycles. The van der Waals surface area contributed by atoms with Crippen molar-refractivity contribution >= 4 is 27.3 Å². The number of methoxy groups -OCH3 is 2. The molecular formula is C23H27N5O5S2. The first kappa shape index (κ1) is 26.2. The van der Waals surface area contributed by atoms with E-state index in [1.165, 1.54) is 19.4 Å². The second-order valence-electron chi connectivity index (χ2n) is 7.42. The van der Waals surface area contributed by atoms with Gasteiger partial charge >= 0.3 is 5.97 Å². The highest BCUT2D eigenvalue weighted by atomic mass is 32.2. The van der Waals surface area contributed by atoms with Crippen molar-refractivity contribution in [3.8, 4) is 16.2 Å². The molecule has 0 aliphatic rings. The van der Waals surface area contributed by atoms with Crippen molar-refractivity contribution in [1.82, 2.24) is 14.7 Å². The lowest BCUT2D eigenvalue weighted by Crippen LogP contribution is -2.45. The number of hydrogen-bond acceptors (Lipinski definition) is 10. The number of hydrazine groups is 1. The van der Waals surface area contributed by atoms with Crippen molar-refractivity contribution in [2.75, 3.05) is 20.8 Å². The number of carbonyl (C=O) groups is 1. The predicted octanol–water partition coefficient (Wildman–Crippen LogP) is 1.86. The molecule has 0 spiro atoms. The third-order valence-corrected chi connectivity index (χ3v) is 8.04. The minimum atomic E-state index is -3.81. The van der Waals surface area contributed by atoms with E-state index in [0.717, 1.165) is 32.3 Å². The summed E-state index contributed by atoms with van der Waals surface area (Å²) in [5.41, 5.74) is 7.82. The maximum Gasteiger partial charge on any atom is 0.330 e. The molecule has 1 atom stereocenters. The Balaban J connectivity index is 1.66. The third-order valence-electron chi connectivity index (χ3n) is 5.01. The van der Waals surface area contributed by atoms with Crippen molar-refractivity contribution in [3.05, 3.63) is 78.4 Å². The highest BCUT2D eigenvalue weighted by Crippen LogP contribution is 2.30. The lowest BCUT2D eigenvalue weighted by Gasteiger charge is -2.24. The Bertz CT molecular complexity index is 1260. The van der Waals surface area contributed by atoms with Gasteiger partial charge in [-0.1, -0.05) is 12.1 Å². The monoisotopic (exact) mass is 517 g/mol. The van der Waals surface area contributed by atoms with Gasteiger partial charge in [0.15, 0.2) is 0 Å². The molecule has 0 amide bonds. The number of benzene rings is 1. The highest BCUT2D eigenvalue weighted by Gasteiger charge is 2.24. The number of nitrogens with two attached hydrogens (primary N) is 2. The zero-order chi connectivity index (χ0) is 25.4. The average Bonchev–Trinajstić information content (AvgIpc) is 3.38. The Kier molecular flexibility index (Phi) is 8.82. The van der Waals surface area contributed by atoms with Gasteiger partial charge in [0, 0.05) is 35.6 Å². The van der Waals surface area contributed by atoms with Crippen LogP contribution in [0, 0.1) is 0 Å². The summed E-state index contributed by atoms with van der Waals surface area (Å²) < 4.78 is 38.1. The molecule has 0 saturated carbocycles. The molecule has 0 aliphatic carbocycles. The normalized spacial score (nSPS) is 12.7. The van der Waals surface area contributed by atoms with Gasteiger partial charge in [0.1, 0.15) is 16.0 Å². The first-order valence-corrected chi connectivity index (χ1v) is 12.7. The highest BCUT2D eigenvalue weighted by molar-refractivity contribution is 7.91. The van der Waals surface area contributed by atoms with Crippen LogP contribution in [0.4, 0.5) is 0 Å². The van der Waals surface area contributed by atoms with E-state index in [9.17, 15) is 13.2 Å². The molecule has 5 N–H and O–H groups in total. The van der Waals surface area contributed by atoms with Crippen molar-refractivity contribution in [2.45, 2.75) is 16.7 Å². The van der Waals surface area contributed by atoms with Gasteiger partial charge in [0.05, 0.1) is 20.8 Å². The minimum Gasteiger partial charge on any atom is -0.497 e. The summed E-state index contributed by atoms with van der Waals surface area (Å²) in [4.78, 5) is 17.1. The van der Waals surface area contributed by atoms with Gasteiger partial charge in [0.25, 0.3) is 0 Å². The van der Waals surface area contributed by atoms with Crippen LogP contribution in [0.3, 0.4) is 0 Å². The third kappa shape index (κ3) is 7.02. The number of rotatable bonds is 11. The van der Waals surface area contributed by atoms with Crippen molar-refractivity contribution in [3.63, 3.8) is 0 Å². The van der Waals surface area contributed by atoms with Crippen molar-refractivity contribution in [2.24, 2.45) is 11.6 Å². The van der Waals surface area contributed by atoms with Crippen LogP contribution in [0.5, 0.6) is 5.75 Å². The van der Waals surface area contributed by atoms with E-state index in [1.807, 2.05) is 12.1 Å². The molecule has 10 nitrogen and oxygen atoms in total. The lowest BCUT2D eigenvalue weighted by atomic mass is 10.1. The summed E-state index contributed by atoms with van der Waals surface area (Å²) in [7, 11) is -0.978. The number of ether oxygens (including phenoxy) is 2. The zero-order valence-electron chi connectivity index (χ0n) is 19.2. The Labute approximate surface area is 208 Å². The number of sulfonamides is 1. The summed E-state index contributed by atoms with van der Waals surface area (Å²) in [6.45, 7) is -0.199. The van der Waals surface area contributed by atoms with Crippen LogP contribution in [0.2, 0.25) is 0 Å². The van der Waals surface area contributed by atoms with E-state index in [-0.39, 0.29) is 22.9 Å². The molecule has 0 fully saturated rings. The van der Waals surface area contributed by atoms with E-state index in [2.05, 4.69) is 9.71 Å². The number of nitrogens with one attached hydrogen (secondary N) is 1. The summed E-state index contributed by atoms with van der Waals surface area (Å²) in [5.74, 6) is 6.21. The second-order valence-corrected chi connectivity index (χ2v) is 10.5. The van der Waals surface area contributed by atoms with E-state index in [0.29, 0.717) is 5.75 Å². The van der Waals surface area contributed by atoms with Crippen molar-refractivity contribution in [1.29, 1.82) is 0 Å². The molecule has 12 heteroatoms. The van der Waals surface area contributed by atoms with Gasteiger partial charge in [-0.05, 0) is 47.5 Å². The number of esters is 1. The molecule has 1 aromatic carbocycles. The summed E-state index contributed by atoms with van der Waals surface area (Å²) in [6.07, 6.45) is 4.84. The molecule has 186 valence electrons. The van der Waals surface area contributed by atoms with E-state index in [1.54, 1.807) is 49.8 Å². The van der Waals surface area contributed by atoms with Crippen LogP contribution in [0.1, 0.15) is 5.56 Å². The first-order valence-electron chi connectivity index (χ1n) is 10.4. The second kappa shape index (κ2) is 11.8. The molecule has 0 unspecified atom stereocenters. The number of thiophene rings is 1. The molecule has 3 aromatic rings. The Morgan fingerprint density at radius 1 is 1.14 bits per heavy atom. The molecule has 35 heavy (non-hydrogen) atoms. The van der Waals surface area contributed by atoms with Crippen LogP contribution >= 0.6 is 11.3 Å². The fourth-order valence-corrected chi connectivity index (χ4v) is 5.52. The van der Waals surface area contributed by atoms with Gasteiger partial charge in [-0.2, -0.15) is 0 Å². The minimum absolute atomic E-state index is 0.116. The molecular weight excluding hydrogens is 490 g/mol. The number of carbonyl (C=O) groups excluding carboxylic acids is 1. The van der Waals surface area contributed by atoms with Gasteiger partial charge < -0.3 is 20.2 Å². The molecule has 0 radical (unpaired) electrons. The van der Waals surface area contributed by atoms with Crippen LogP contribution in [0.15, 0.2) is 77.0 Å². The number of nitrogens with zero attached hydrogens (tertiary/aromatic N) is 2. The Morgan fingerprint density at radius 2 is 1.83 bits per heavy atom. The summed E-state index contributed by atoms with van der Waals surface area (Å²) >= 11 is 1.13. The van der Waals surface area contributed by atoms with Gasteiger partial charge in [-0.15, -0.1) is 11.3 Å². The first-order chi connectivity index (χ1) is 16.7. The molecule has 2 aromatic heterocycles. The largest absolute Gasteiger partial charge is 0.497 e. The zero-order valence-corrected chi connectivity index (χ0v) is 20.9. The van der Waals surface area contributed by atoms with Crippen LogP contribution < -0.4 is 21.0 Å². The SMILES string of the molecule is COC(=O)[C@H](Cc1ccc(OC)cc1)N(N)/C=C(\N)CNS(=O)(=O)c1ccc(-c2ccncc2)s1.